The van der Waals surface area contributed by atoms with E-state index >= 15 is 0 Å². The number of aryl methyl sites for hydroxylation is 1. The van der Waals surface area contributed by atoms with Crippen LogP contribution in [-0.4, -0.2) is 4.92 Å². The van der Waals surface area contributed by atoms with Crippen molar-refractivity contribution in [2.75, 3.05) is 0 Å². The molecule has 0 aliphatic heterocycles. The van der Waals surface area contributed by atoms with Gasteiger partial charge in [-0.25, -0.2) is 0 Å². The fourth-order valence-corrected chi connectivity index (χ4v) is 2.34. The normalized spacial score (nSPS) is 12.4. The zero-order valence-corrected chi connectivity index (χ0v) is 12.5. The maximum atomic E-state index is 10.9. The lowest BCUT2D eigenvalue weighted by molar-refractivity contribution is -0.384. The molecule has 2 N–H and O–H groups in total. The molecule has 1 atom stereocenters. The van der Waals surface area contributed by atoms with Gasteiger partial charge in [-0.15, -0.1) is 0 Å². The van der Waals surface area contributed by atoms with Crippen LogP contribution >= 0.6 is 0 Å². The smallest absolute Gasteiger partial charge is 0.269 e. The minimum absolute atomic E-state index is 0.0739. The molecule has 4 nitrogen and oxygen atoms in total. The highest BCUT2D eigenvalue weighted by Gasteiger charge is 2.16. The highest BCUT2D eigenvalue weighted by Crippen LogP contribution is 2.27. The summed E-state index contributed by atoms with van der Waals surface area (Å²) in [5.74, 6) is 0.467. The molecule has 2 aromatic rings. The summed E-state index contributed by atoms with van der Waals surface area (Å²) in [6.07, 6.45) is 0. The molecule has 0 aliphatic carbocycles. The molecule has 0 aromatic heterocycles. The van der Waals surface area contributed by atoms with E-state index in [-0.39, 0.29) is 11.7 Å². The summed E-state index contributed by atoms with van der Waals surface area (Å²) >= 11 is 0. The highest BCUT2D eigenvalue weighted by molar-refractivity contribution is 5.44. The first-order valence-electron chi connectivity index (χ1n) is 7.00. The van der Waals surface area contributed by atoms with Crippen molar-refractivity contribution >= 4 is 5.69 Å². The lowest BCUT2D eigenvalue weighted by Gasteiger charge is -2.16. The largest absolute Gasteiger partial charge is 0.320 e. The Morgan fingerprint density at radius 2 is 1.62 bits per heavy atom. The standard InChI is InChI=1S/C17H20N2O2/c1-11(2)13-5-7-14(8-6-13)17(18)16-10-15(19(20)21)9-4-12(16)3/h4-11,17H,18H2,1-3H3. The monoisotopic (exact) mass is 284 g/mol. The van der Waals surface area contributed by atoms with E-state index in [0.717, 1.165) is 16.7 Å². The van der Waals surface area contributed by atoms with E-state index in [1.54, 1.807) is 12.1 Å². The van der Waals surface area contributed by atoms with Crippen LogP contribution in [-0.2, 0) is 0 Å². The van der Waals surface area contributed by atoms with Gasteiger partial charge in [0.15, 0.2) is 0 Å². The van der Waals surface area contributed by atoms with Crippen molar-refractivity contribution in [2.45, 2.75) is 32.7 Å². The molecular weight excluding hydrogens is 264 g/mol. The Morgan fingerprint density at radius 1 is 1.05 bits per heavy atom. The van der Waals surface area contributed by atoms with Crippen molar-refractivity contribution in [2.24, 2.45) is 5.73 Å². The minimum Gasteiger partial charge on any atom is -0.320 e. The van der Waals surface area contributed by atoms with Gasteiger partial charge in [-0.2, -0.15) is 0 Å². The maximum Gasteiger partial charge on any atom is 0.269 e. The number of nitro benzene ring substituents is 1. The summed E-state index contributed by atoms with van der Waals surface area (Å²) in [6, 6.07) is 12.6. The molecule has 1 unspecified atom stereocenters. The fourth-order valence-electron chi connectivity index (χ4n) is 2.34. The molecule has 0 spiro atoms. The molecule has 110 valence electrons. The van der Waals surface area contributed by atoms with Crippen molar-refractivity contribution in [3.8, 4) is 0 Å². The quantitative estimate of drug-likeness (QED) is 0.679. The Kier molecular flexibility index (Phi) is 4.38. The van der Waals surface area contributed by atoms with E-state index in [1.807, 2.05) is 19.1 Å². The van der Waals surface area contributed by atoms with Gasteiger partial charge in [0, 0.05) is 12.1 Å². The number of hydrogen-bond donors (Lipinski definition) is 1. The van der Waals surface area contributed by atoms with Gasteiger partial charge in [0.1, 0.15) is 0 Å². The molecule has 0 saturated carbocycles. The third-order valence-corrected chi connectivity index (χ3v) is 3.77. The molecule has 2 rings (SSSR count). The highest BCUT2D eigenvalue weighted by atomic mass is 16.6. The first-order chi connectivity index (χ1) is 9.90. The predicted molar refractivity (Wildman–Crippen MR) is 84.4 cm³/mol. The second-order valence-electron chi connectivity index (χ2n) is 5.60. The van der Waals surface area contributed by atoms with Crippen molar-refractivity contribution in [3.63, 3.8) is 0 Å². The summed E-state index contributed by atoms with van der Waals surface area (Å²) in [4.78, 5) is 10.5. The Balaban J connectivity index is 2.37. The first kappa shape index (κ1) is 15.2. The van der Waals surface area contributed by atoms with Crippen molar-refractivity contribution in [1.82, 2.24) is 0 Å². The number of benzene rings is 2. The van der Waals surface area contributed by atoms with E-state index in [0.29, 0.717) is 5.92 Å². The van der Waals surface area contributed by atoms with E-state index in [2.05, 4.69) is 26.0 Å². The van der Waals surface area contributed by atoms with Crippen LogP contribution in [0.4, 0.5) is 5.69 Å². The molecule has 0 amide bonds. The van der Waals surface area contributed by atoms with Crippen LogP contribution in [0.25, 0.3) is 0 Å². The molecule has 4 heteroatoms. The predicted octanol–water partition coefficient (Wildman–Crippen LogP) is 4.07. The van der Waals surface area contributed by atoms with Gasteiger partial charge in [-0.3, -0.25) is 10.1 Å². The van der Waals surface area contributed by atoms with Gasteiger partial charge in [-0.1, -0.05) is 44.2 Å². The van der Waals surface area contributed by atoms with E-state index in [1.165, 1.54) is 11.6 Å². The number of non-ortho nitro benzene ring substituents is 1. The third kappa shape index (κ3) is 3.28. The average molecular weight is 284 g/mol. The fraction of sp³-hybridized carbons (Fsp3) is 0.294. The van der Waals surface area contributed by atoms with Crippen molar-refractivity contribution < 1.29 is 4.92 Å². The number of hydrogen-bond acceptors (Lipinski definition) is 3. The first-order valence-corrected chi connectivity index (χ1v) is 7.00. The lowest BCUT2D eigenvalue weighted by atomic mass is 9.93. The van der Waals surface area contributed by atoms with Crippen molar-refractivity contribution in [1.29, 1.82) is 0 Å². The zero-order valence-electron chi connectivity index (χ0n) is 12.5. The molecule has 21 heavy (non-hydrogen) atoms. The van der Waals surface area contributed by atoms with Crippen LogP contribution in [0.15, 0.2) is 42.5 Å². The number of nitrogens with two attached hydrogens (primary N) is 1. The molecule has 2 aromatic carbocycles. The summed E-state index contributed by atoms with van der Waals surface area (Å²) in [6.45, 7) is 6.20. The third-order valence-electron chi connectivity index (χ3n) is 3.77. The number of nitrogens with zero attached hydrogens (tertiary/aromatic N) is 1. The average Bonchev–Trinajstić information content (AvgIpc) is 2.47. The van der Waals surface area contributed by atoms with E-state index in [4.69, 9.17) is 5.73 Å². The topological polar surface area (TPSA) is 69.2 Å². The van der Waals surface area contributed by atoms with E-state index < -0.39 is 4.92 Å². The van der Waals surface area contributed by atoms with Gasteiger partial charge in [0.2, 0.25) is 0 Å². The number of rotatable bonds is 4. The van der Waals surface area contributed by atoms with Crippen LogP contribution in [0.2, 0.25) is 0 Å². The molecule has 0 heterocycles. The van der Waals surface area contributed by atoms with Crippen LogP contribution < -0.4 is 5.73 Å². The summed E-state index contributed by atoms with van der Waals surface area (Å²) < 4.78 is 0. The Labute approximate surface area is 124 Å². The van der Waals surface area contributed by atoms with Crippen LogP contribution in [0.3, 0.4) is 0 Å². The maximum absolute atomic E-state index is 10.9. The van der Waals surface area contributed by atoms with E-state index in [9.17, 15) is 10.1 Å². The van der Waals surface area contributed by atoms with Crippen molar-refractivity contribution in [3.05, 3.63) is 74.8 Å². The Bertz CT molecular complexity index is 648. The molecule has 0 fully saturated rings. The molecule has 0 radical (unpaired) electrons. The summed E-state index contributed by atoms with van der Waals surface area (Å²) in [7, 11) is 0. The Hall–Kier alpha value is -2.20. The summed E-state index contributed by atoms with van der Waals surface area (Å²) in [5, 5.41) is 10.9. The van der Waals surface area contributed by atoms with Crippen LogP contribution in [0, 0.1) is 17.0 Å². The zero-order chi connectivity index (χ0) is 15.6. The lowest BCUT2D eigenvalue weighted by Crippen LogP contribution is -2.13. The van der Waals surface area contributed by atoms with Gasteiger partial charge < -0.3 is 5.73 Å². The SMILES string of the molecule is Cc1ccc([N+](=O)[O-])cc1C(N)c1ccc(C(C)C)cc1. The van der Waals surface area contributed by atoms with Crippen LogP contribution in [0.5, 0.6) is 0 Å². The van der Waals surface area contributed by atoms with Gasteiger partial charge in [0.25, 0.3) is 5.69 Å². The Morgan fingerprint density at radius 3 is 2.14 bits per heavy atom. The molecule has 0 aliphatic rings. The van der Waals surface area contributed by atoms with Gasteiger partial charge in [0.05, 0.1) is 11.0 Å². The van der Waals surface area contributed by atoms with Gasteiger partial charge >= 0.3 is 0 Å². The second kappa shape index (κ2) is 6.06. The number of nitro groups is 1. The molecular formula is C17H20N2O2. The second-order valence-corrected chi connectivity index (χ2v) is 5.60. The van der Waals surface area contributed by atoms with Crippen LogP contribution in [0.1, 0.15) is 48.1 Å². The molecule has 0 saturated heterocycles. The van der Waals surface area contributed by atoms with Gasteiger partial charge in [-0.05, 0) is 35.1 Å². The summed E-state index contributed by atoms with van der Waals surface area (Å²) in [5.41, 5.74) is 10.3. The minimum atomic E-state index is -0.391. The molecule has 0 bridgehead atoms.